The number of thioether (sulfide) groups is 1. The van der Waals surface area contributed by atoms with Gasteiger partial charge in [0.05, 0.1) is 21.6 Å². The summed E-state index contributed by atoms with van der Waals surface area (Å²) in [6, 6.07) is 10.7. The summed E-state index contributed by atoms with van der Waals surface area (Å²) in [5.41, 5.74) is 0.0724. The molecule has 0 fully saturated rings. The molecule has 3 aromatic rings. The minimum atomic E-state index is -0.569. The van der Waals surface area contributed by atoms with E-state index < -0.39 is 10.8 Å². The lowest BCUT2D eigenvalue weighted by Gasteiger charge is -2.11. The van der Waals surface area contributed by atoms with Gasteiger partial charge in [-0.3, -0.25) is 24.3 Å². The van der Waals surface area contributed by atoms with Crippen LogP contribution in [-0.2, 0) is 11.3 Å². The molecule has 0 spiro atoms. The van der Waals surface area contributed by atoms with Crippen molar-refractivity contribution in [3.05, 3.63) is 80.6 Å². The fourth-order valence-corrected chi connectivity index (χ4v) is 3.61. The molecule has 0 unspecified atom stereocenters. The summed E-state index contributed by atoms with van der Waals surface area (Å²) in [6.45, 7) is 3.86. The molecule has 3 rings (SSSR count). The predicted octanol–water partition coefficient (Wildman–Crippen LogP) is 3.87. The second-order valence-corrected chi connectivity index (χ2v) is 7.25. The first-order chi connectivity index (χ1) is 13.9. The lowest BCUT2D eigenvalue weighted by atomic mass is 10.2. The SMILES string of the molecule is C=CCn1c(SCC(=O)Nc2ccccc2[N+](=O)[O-])nc2ccc(Cl)cc2c1=O. The smallest absolute Gasteiger partial charge is 0.292 e. The average Bonchev–Trinajstić information content (AvgIpc) is 2.69. The molecule has 0 aliphatic heterocycles. The maximum atomic E-state index is 12.8. The highest BCUT2D eigenvalue weighted by Crippen LogP contribution is 2.24. The first kappa shape index (κ1) is 20.6. The van der Waals surface area contributed by atoms with Gasteiger partial charge in [0, 0.05) is 17.6 Å². The van der Waals surface area contributed by atoms with Crippen LogP contribution in [0.1, 0.15) is 0 Å². The molecule has 1 N–H and O–H groups in total. The zero-order valence-electron chi connectivity index (χ0n) is 15.0. The van der Waals surface area contributed by atoms with Crippen LogP contribution >= 0.6 is 23.4 Å². The van der Waals surface area contributed by atoms with Crippen LogP contribution in [0.3, 0.4) is 0 Å². The van der Waals surface area contributed by atoms with Gasteiger partial charge in [0.1, 0.15) is 5.69 Å². The molecule has 0 aliphatic rings. The quantitative estimate of drug-likeness (QED) is 0.200. The Morgan fingerprint density at radius 1 is 1.34 bits per heavy atom. The number of para-hydroxylation sites is 2. The molecule has 1 heterocycles. The Kier molecular flexibility index (Phi) is 6.30. The Morgan fingerprint density at radius 3 is 2.83 bits per heavy atom. The monoisotopic (exact) mass is 430 g/mol. The normalized spacial score (nSPS) is 10.7. The van der Waals surface area contributed by atoms with E-state index in [2.05, 4.69) is 16.9 Å². The number of amides is 1. The van der Waals surface area contributed by atoms with E-state index in [1.165, 1.54) is 22.8 Å². The van der Waals surface area contributed by atoms with E-state index in [0.29, 0.717) is 21.1 Å². The summed E-state index contributed by atoms with van der Waals surface area (Å²) in [5.74, 6) is -0.547. The van der Waals surface area contributed by atoms with Crippen molar-refractivity contribution in [1.82, 2.24) is 9.55 Å². The third-order valence-corrected chi connectivity index (χ3v) is 5.11. The van der Waals surface area contributed by atoms with Gasteiger partial charge in [0.25, 0.3) is 11.2 Å². The maximum absolute atomic E-state index is 12.8. The zero-order valence-corrected chi connectivity index (χ0v) is 16.6. The number of carbonyl (C=O) groups is 1. The number of fused-ring (bicyclic) bond motifs is 1. The molecular weight excluding hydrogens is 416 g/mol. The third kappa shape index (κ3) is 4.64. The summed E-state index contributed by atoms with van der Waals surface area (Å²) >= 11 is 7.02. The van der Waals surface area contributed by atoms with Crippen LogP contribution in [0.4, 0.5) is 11.4 Å². The molecule has 148 valence electrons. The number of nitrogens with one attached hydrogen (secondary N) is 1. The number of nitrogens with zero attached hydrogens (tertiary/aromatic N) is 3. The molecule has 0 saturated heterocycles. The van der Waals surface area contributed by atoms with Gasteiger partial charge >= 0.3 is 0 Å². The van der Waals surface area contributed by atoms with E-state index in [9.17, 15) is 19.7 Å². The van der Waals surface area contributed by atoms with Crippen molar-refractivity contribution in [2.45, 2.75) is 11.7 Å². The molecule has 1 aromatic heterocycles. The molecule has 10 heteroatoms. The number of allylic oxidation sites excluding steroid dienone is 1. The van der Waals surface area contributed by atoms with Crippen molar-refractivity contribution < 1.29 is 9.72 Å². The second-order valence-electron chi connectivity index (χ2n) is 5.87. The number of nitro benzene ring substituents is 1. The molecule has 1 amide bonds. The summed E-state index contributed by atoms with van der Waals surface area (Å²) in [4.78, 5) is 40.0. The Hall–Kier alpha value is -3.17. The van der Waals surface area contributed by atoms with Crippen molar-refractivity contribution in [2.75, 3.05) is 11.1 Å². The van der Waals surface area contributed by atoms with Gasteiger partial charge in [-0.15, -0.1) is 6.58 Å². The van der Waals surface area contributed by atoms with Gasteiger partial charge in [-0.1, -0.05) is 41.6 Å². The van der Waals surface area contributed by atoms with Crippen LogP contribution in [-0.4, -0.2) is 26.1 Å². The lowest BCUT2D eigenvalue weighted by Crippen LogP contribution is -2.24. The Labute approximate surface area is 174 Å². The molecule has 0 aliphatic carbocycles. The van der Waals surface area contributed by atoms with Gasteiger partial charge in [0.2, 0.25) is 5.91 Å². The molecular formula is C19H15ClN4O4S. The lowest BCUT2D eigenvalue weighted by molar-refractivity contribution is -0.383. The van der Waals surface area contributed by atoms with Crippen molar-refractivity contribution in [3.8, 4) is 0 Å². The Bertz CT molecular complexity index is 1180. The molecule has 29 heavy (non-hydrogen) atoms. The highest BCUT2D eigenvalue weighted by molar-refractivity contribution is 7.99. The maximum Gasteiger partial charge on any atom is 0.292 e. The predicted molar refractivity (Wildman–Crippen MR) is 114 cm³/mol. The van der Waals surface area contributed by atoms with Crippen LogP contribution in [0.2, 0.25) is 5.02 Å². The number of hydrogen-bond donors (Lipinski definition) is 1. The van der Waals surface area contributed by atoms with Crippen molar-refractivity contribution in [3.63, 3.8) is 0 Å². The molecule has 8 nitrogen and oxygen atoms in total. The Morgan fingerprint density at radius 2 is 2.10 bits per heavy atom. The minimum Gasteiger partial charge on any atom is -0.320 e. The van der Waals surface area contributed by atoms with Gasteiger partial charge < -0.3 is 5.32 Å². The summed E-state index contributed by atoms with van der Waals surface area (Å²) in [5, 5.41) is 14.7. The van der Waals surface area contributed by atoms with Crippen molar-refractivity contribution in [1.29, 1.82) is 0 Å². The van der Waals surface area contributed by atoms with Gasteiger partial charge in [0.15, 0.2) is 5.16 Å². The van der Waals surface area contributed by atoms with Crippen molar-refractivity contribution in [2.24, 2.45) is 0 Å². The highest BCUT2D eigenvalue weighted by atomic mass is 35.5. The van der Waals surface area contributed by atoms with E-state index in [-0.39, 0.29) is 29.2 Å². The largest absolute Gasteiger partial charge is 0.320 e. The number of nitro groups is 1. The molecule has 0 bridgehead atoms. The number of halogens is 1. The molecule has 0 atom stereocenters. The van der Waals surface area contributed by atoms with Crippen LogP contribution in [0.5, 0.6) is 0 Å². The first-order valence-corrected chi connectivity index (χ1v) is 9.74. The molecule has 2 aromatic carbocycles. The second kappa shape index (κ2) is 8.89. The van der Waals surface area contributed by atoms with Gasteiger partial charge in [-0.05, 0) is 24.3 Å². The highest BCUT2D eigenvalue weighted by Gasteiger charge is 2.17. The van der Waals surface area contributed by atoms with Crippen LogP contribution < -0.4 is 10.9 Å². The topological polar surface area (TPSA) is 107 Å². The van der Waals surface area contributed by atoms with Gasteiger partial charge in [-0.25, -0.2) is 4.98 Å². The minimum absolute atomic E-state index is 0.0886. The summed E-state index contributed by atoms with van der Waals surface area (Å²) in [6.07, 6.45) is 1.55. The fraction of sp³-hybridized carbons (Fsp3) is 0.105. The molecule has 0 radical (unpaired) electrons. The van der Waals surface area contributed by atoms with Crippen molar-refractivity contribution >= 4 is 51.5 Å². The van der Waals surface area contributed by atoms with Gasteiger partial charge in [-0.2, -0.15) is 0 Å². The van der Waals surface area contributed by atoms with E-state index >= 15 is 0 Å². The number of anilines is 1. The fourth-order valence-electron chi connectivity index (χ4n) is 2.63. The number of aromatic nitrogens is 2. The van der Waals surface area contributed by atoms with E-state index in [4.69, 9.17) is 11.6 Å². The van der Waals surface area contributed by atoms with E-state index in [1.54, 1.807) is 30.3 Å². The number of carbonyl (C=O) groups excluding carboxylic acids is 1. The molecule has 0 saturated carbocycles. The van der Waals surface area contributed by atoms with E-state index in [0.717, 1.165) is 11.8 Å². The zero-order chi connectivity index (χ0) is 21.0. The standard InChI is InChI=1S/C19H15ClN4O4S/c1-2-9-23-18(26)13-10-12(20)7-8-14(13)22-19(23)29-11-17(25)21-15-5-3-4-6-16(15)24(27)28/h2-8,10H,1,9,11H2,(H,21,25). The van der Waals surface area contributed by atoms with Crippen LogP contribution in [0, 0.1) is 10.1 Å². The van der Waals surface area contributed by atoms with Crippen LogP contribution in [0.15, 0.2) is 65.1 Å². The van der Waals surface area contributed by atoms with Crippen LogP contribution in [0.25, 0.3) is 10.9 Å². The number of hydrogen-bond acceptors (Lipinski definition) is 6. The Balaban J connectivity index is 1.85. The number of rotatable bonds is 7. The first-order valence-electron chi connectivity index (χ1n) is 8.37. The number of benzene rings is 2. The average molecular weight is 431 g/mol. The third-order valence-electron chi connectivity index (χ3n) is 3.90. The summed E-state index contributed by atoms with van der Waals surface area (Å²) < 4.78 is 1.40. The summed E-state index contributed by atoms with van der Waals surface area (Å²) in [7, 11) is 0. The van der Waals surface area contributed by atoms with E-state index in [1.807, 2.05) is 0 Å².